The monoisotopic (exact) mass is 241 g/mol. The third kappa shape index (κ3) is 2.31. The van der Waals surface area contributed by atoms with E-state index in [1.54, 1.807) is 0 Å². The quantitative estimate of drug-likeness (QED) is 0.868. The Labute approximate surface area is 107 Å². The summed E-state index contributed by atoms with van der Waals surface area (Å²) in [6.45, 7) is 1.02. The Morgan fingerprint density at radius 2 is 2.11 bits per heavy atom. The minimum atomic E-state index is 0.408. The minimum absolute atomic E-state index is 0.408. The van der Waals surface area contributed by atoms with Crippen LogP contribution in [0.2, 0.25) is 0 Å². The van der Waals surface area contributed by atoms with E-state index in [0.717, 1.165) is 18.5 Å². The molecule has 0 radical (unpaired) electrons. The molecule has 3 N–H and O–H groups in total. The molecule has 3 nitrogen and oxygen atoms in total. The Kier molecular flexibility index (Phi) is 3.15. The Bertz CT molecular complexity index is 533. The fraction of sp³-hybridized carbons (Fsp3) is 0.400. The summed E-state index contributed by atoms with van der Waals surface area (Å²) in [5.41, 5.74) is 8.18. The van der Waals surface area contributed by atoms with E-state index in [1.165, 1.54) is 23.9 Å². The van der Waals surface area contributed by atoms with Crippen molar-refractivity contribution in [3.8, 4) is 0 Å². The average Bonchev–Trinajstić information content (AvgIpc) is 2.82. The van der Waals surface area contributed by atoms with Crippen molar-refractivity contribution in [2.24, 2.45) is 11.7 Å². The number of nitrogens with zero attached hydrogens (tertiary/aromatic N) is 1. The lowest BCUT2D eigenvalue weighted by Gasteiger charge is -2.13. The highest BCUT2D eigenvalue weighted by Gasteiger charge is 2.21. The van der Waals surface area contributed by atoms with Gasteiger partial charge in [0.2, 0.25) is 0 Å². The molecular weight excluding hydrogens is 222 g/mol. The van der Waals surface area contributed by atoms with Crippen LogP contribution in [0.3, 0.4) is 0 Å². The van der Waals surface area contributed by atoms with Crippen molar-refractivity contribution in [1.29, 1.82) is 0 Å². The second-order valence-corrected chi connectivity index (χ2v) is 5.20. The van der Waals surface area contributed by atoms with Crippen molar-refractivity contribution in [2.45, 2.75) is 25.3 Å². The molecule has 1 saturated carbocycles. The zero-order valence-electron chi connectivity index (χ0n) is 10.5. The van der Waals surface area contributed by atoms with Gasteiger partial charge in [-0.2, -0.15) is 0 Å². The van der Waals surface area contributed by atoms with Crippen molar-refractivity contribution in [2.75, 3.05) is 11.9 Å². The SMILES string of the molecule is NC1CCC(CNc2ccnc3ccccc23)C1. The van der Waals surface area contributed by atoms with Crippen LogP contribution in [0.15, 0.2) is 36.5 Å². The largest absolute Gasteiger partial charge is 0.384 e. The van der Waals surface area contributed by atoms with E-state index in [0.29, 0.717) is 12.0 Å². The topological polar surface area (TPSA) is 50.9 Å². The molecule has 0 spiro atoms. The summed E-state index contributed by atoms with van der Waals surface area (Å²) in [6.07, 6.45) is 5.43. The van der Waals surface area contributed by atoms with Crippen LogP contribution in [0.4, 0.5) is 5.69 Å². The van der Waals surface area contributed by atoms with E-state index in [4.69, 9.17) is 5.73 Å². The Hall–Kier alpha value is -1.61. The van der Waals surface area contributed by atoms with Crippen LogP contribution >= 0.6 is 0 Å². The summed E-state index contributed by atoms with van der Waals surface area (Å²) in [5.74, 6) is 0.715. The van der Waals surface area contributed by atoms with E-state index in [-0.39, 0.29) is 0 Å². The van der Waals surface area contributed by atoms with Crippen molar-refractivity contribution in [1.82, 2.24) is 4.98 Å². The van der Waals surface area contributed by atoms with Gasteiger partial charge in [-0.3, -0.25) is 4.98 Å². The molecule has 0 bridgehead atoms. The van der Waals surface area contributed by atoms with Gasteiger partial charge >= 0.3 is 0 Å². The lowest BCUT2D eigenvalue weighted by Crippen LogP contribution is -2.17. The van der Waals surface area contributed by atoms with Gasteiger partial charge in [0, 0.05) is 29.9 Å². The van der Waals surface area contributed by atoms with E-state index < -0.39 is 0 Å². The van der Waals surface area contributed by atoms with Gasteiger partial charge < -0.3 is 11.1 Å². The molecule has 2 aromatic rings. The molecular formula is C15H19N3. The molecule has 1 fully saturated rings. The number of pyridine rings is 1. The average molecular weight is 241 g/mol. The zero-order valence-corrected chi connectivity index (χ0v) is 10.5. The summed E-state index contributed by atoms with van der Waals surface area (Å²) in [6, 6.07) is 10.7. The number of nitrogens with one attached hydrogen (secondary N) is 1. The lowest BCUT2D eigenvalue weighted by atomic mass is 10.1. The lowest BCUT2D eigenvalue weighted by molar-refractivity contribution is 0.566. The van der Waals surface area contributed by atoms with Gasteiger partial charge in [-0.25, -0.2) is 0 Å². The van der Waals surface area contributed by atoms with Gasteiger partial charge in [-0.15, -0.1) is 0 Å². The molecule has 3 rings (SSSR count). The van der Waals surface area contributed by atoms with E-state index in [2.05, 4.69) is 28.5 Å². The second-order valence-electron chi connectivity index (χ2n) is 5.20. The summed E-state index contributed by atoms with van der Waals surface area (Å²) in [5, 5.41) is 4.75. The molecule has 94 valence electrons. The number of anilines is 1. The predicted molar refractivity (Wildman–Crippen MR) is 75.5 cm³/mol. The fourth-order valence-electron chi connectivity index (χ4n) is 2.80. The zero-order chi connectivity index (χ0) is 12.4. The first-order valence-electron chi connectivity index (χ1n) is 6.66. The molecule has 1 heterocycles. The summed E-state index contributed by atoms with van der Waals surface area (Å²) in [7, 11) is 0. The predicted octanol–water partition coefficient (Wildman–Crippen LogP) is 2.77. The molecule has 1 aromatic heterocycles. The van der Waals surface area contributed by atoms with E-state index >= 15 is 0 Å². The molecule has 1 aromatic carbocycles. The summed E-state index contributed by atoms with van der Waals surface area (Å²) in [4.78, 5) is 4.37. The van der Waals surface area contributed by atoms with Gasteiger partial charge in [0.15, 0.2) is 0 Å². The number of nitrogens with two attached hydrogens (primary N) is 1. The van der Waals surface area contributed by atoms with E-state index in [1.807, 2.05) is 18.3 Å². The molecule has 0 aliphatic heterocycles. The molecule has 3 heteroatoms. The highest BCUT2D eigenvalue weighted by Crippen LogP contribution is 2.26. The van der Waals surface area contributed by atoms with Crippen LogP contribution in [0.25, 0.3) is 10.9 Å². The van der Waals surface area contributed by atoms with Crippen LogP contribution in [0.1, 0.15) is 19.3 Å². The number of hydrogen-bond acceptors (Lipinski definition) is 3. The highest BCUT2D eigenvalue weighted by atomic mass is 14.9. The van der Waals surface area contributed by atoms with Crippen LogP contribution in [0, 0.1) is 5.92 Å². The third-order valence-corrected chi connectivity index (χ3v) is 3.81. The normalized spacial score (nSPS) is 23.4. The minimum Gasteiger partial charge on any atom is -0.384 e. The van der Waals surface area contributed by atoms with Crippen LogP contribution in [-0.2, 0) is 0 Å². The van der Waals surface area contributed by atoms with Gasteiger partial charge in [-0.1, -0.05) is 18.2 Å². The molecule has 0 amide bonds. The van der Waals surface area contributed by atoms with E-state index in [9.17, 15) is 0 Å². The maximum Gasteiger partial charge on any atom is 0.0722 e. The number of benzene rings is 1. The first-order valence-corrected chi connectivity index (χ1v) is 6.66. The molecule has 2 unspecified atom stereocenters. The first-order chi connectivity index (χ1) is 8.83. The third-order valence-electron chi connectivity index (χ3n) is 3.81. The van der Waals surface area contributed by atoms with Gasteiger partial charge in [0.05, 0.1) is 5.52 Å². The summed E-state index contributed by atoms with van der Waals surface area (Å²) >= 11 is 0. The Morgan fingerprint density at radius 1 is 1.22 bits per heavy atom. The Balaban J connectivity index is 1.74. The molecule has 18 heavy (non-hydrogen) atoms. The van der Waals surface area contributed by atoms with Crippen molar-refractivity contribution in [3.05, 3.63) is 36.5 Å². The number of hydrogen-bond donors (Lipinski definition) is 2. The van der Waals surface area contributed by atoms with Crippen molar-refractivity contribution >= 4 is 16.6 Å². The summed E-state index contributed by atoms with van der Waals surface area (Å²) < 4.78 is 0. The van der Waals surface area contributed by atoms with Crippen LogP contribution < -0.4 is 11.1 Å². The van der Waals surface area contributed by atoms with Gasteiger partial charge in [-0.05, 0) is 37.3 Å². The van der Waals surface area contributed by atoms with Crippen molar-refractivity contribution in [3.63, 3.8) is 0 Å². The number of rotatable bonds is 3. The highest BCUT2D eigenvalue weighted by molar-refractivity contribution is 5.90. The van der Waals surface area contributed by atoms with Gasteiger partial charge in [0.25, 0.3) is 0 Å². The fourth-order valence-corrected chi connectivity index (χ4v) is 2.80. The first kappa shape index (κ1) is 11.5. The molecule has 1 aliphatic carbocycles. The standard InChI is InChI=1S/C15H19N3/c16-12-6-5-11(9-12)10-18-15-7-8-17-14-4-2-1-3-13(14)15/h1-4,7-8,11-12H,5-6,9-10,16H2,(H,17,18). The number of fused-ring (bicyclic) bond motifs is 1. The van der Waals surface area contributed by atoms with Crippen LogP contribution in [-0.4, -0.2) is 17.6 Å². The Morgan fingerprint density at radius 3 is 2.94 bits per heavy atom. The second kappa shape index (κ2) is 4.94. The van der Waals surface area contributed by atoms with Crippen LogP contribution in [0.5, 0.6) is 0 Å². The molecule has 2 atom stereocenters. The van der Waals surface area contributed by atoms with Crippen molar-refractivity contribution < 1.29 is 0 Å². The smallest absolute Gasteiger partial charge is 0.0722 e. The maximum absolute atomic E-state index is 5.95. The number of aromatic nitrogens is 1. The maximum atomic E-state index is 5.95. The molecule has 0 saturated heterocycles. The molecule has 1 aliphatic rings. The van der Waals surface area contributed by atoms with Gasteiger partial charge in [0.1, 0.15) is 0 Å². The number of para-hydroxylation sites is 1.